The van der Waals surface area contributed by atoms with Crippen LogP contribution in [0.15, 0.2) is 0 Å². The summed E-state index contributed by atoms with van der Waals surface area (Å²) in [6.07, 6.45) is 0. The quantitative estimate of drug-likeness (QED) is 0.478. The van der Waals surface area contributed by atoms with Gasteiger partial charge in [0.1, 0.15) is 0 Å². The third-order valence-electron chi connectivity index (χ3n) is 0.426. The number of rotatable bonds is 3. The monoisotopic (exact) mass is 177 g/mol. The summed E-state index contributed by atoms with van der Waals surface area (Å²) in [5.41, 5.74) is 0. The van der Waals surface area contributed by atoms with Gasteiger partial charge in [0, 0.05) is 0 Å². The zero-order chi connectivity index (χ0) is 6.62. The summed E-state index contributed by atoms with van der Waals surface area (Å²) < 4.78 is 2.71. The topological polar surface area (TPSA) is 29.1 Å². The van der Waals surface area contributed by atoms with Gasteiger partial charge in [0.15, 0.2) is 6.79 Å². The Balaban J connectivity index is 3.37. The molecule has 1 radical (unpaired) electrons. The van der Waals surface area contributed by atoms with E-state index in [2.05, 4.69) is 4.74 Å². The predicted molar refractivity (Wildman–Crippen MR) is 31.8 cm³/mol. The van der Waals surface area contributed by atoms with E-state index < -0.39 is 11.3 Å². The van der Waals surface area contributed by atoms with E-state index >= 15 is 0 Å². The fraction of sp³-hybridized carbons (Fsp3) is 1.00. The molecule has 5 heteroatoms. The van der Waals surface area contributed by atoms with Crippen LogP contribution >= 0.6 is 34.8 Å². The maximum Gasteiger partial charge on any atom is 0.233 e. The summed E-state index contributed by atoms with van der Waals surface area (Å²) in [5.74, 6) is -0.113. The Labute approximate surface area is 62.3 Å². The first-order valence-electron chi connectivity index (χ1n) is 1.78. The van der Waals surface area contributed by atoms with Gasteiger partial charge in [-0.1, -0.05) is 23.2 Å². The summed E-state index contributed by atoms with van der Waals surface area (Å²) in [7, 11) is 0. The lowest BCUT2D eigenvalue weighted by molar-refractivity contribution is -0.0652. The van der Waals surface area contributed by atoms with Gasteiger partial charge in [-0.15, -0.1) is 11.6 Å². The van der Waals surface area contributed by atoms with Crippen molar-refractivity contribution >= 4 is 34.8 Å². The summed E-state index contributed by atoms with van der Waals surface area (Å²) in [6, 6.07) is 0. The highest BCUT2D eigenvalue weighted by molar-refractivity contribution is 6.50. The molecule has 0 N–H and O–H groups in total. The number of alkyl halides is 3. The first-order valence-corrected chi connectivity index (χ1v) is 3.07. The molecular formula is C3H4Cl3O2. The lowest BCUT2D eigenvalue weighted by Crippen LogP contribution is -2.19. The van der Waals surface area contributed by atoms with Crippen LogP contribution in [-0.4, -0.2) is 17.2 Å². The van der Waals surface area contributed by atoms with E-state index in [1.807, 2.05) is 0 Å². The minimum atomic E-state index is -1.51. The van der Waals surface area contributed by atoms with E-state index in [9.17, 15) is 5.11 Å². The van der Waals surface area contributed by atoms with Gasteiger partial charge in [-0.2, -0.15) is 0 Å². The molecule has 0 fully saturated rings. The third kappa shape index (κ3) is 3.75. The highest BCUT2D eigenvalue weighted by atomic mass is 35.5. The average molecular weight is 178 g/mol. The molecule has 0 aliphatic carbocycles. The Morgan fingerprint density at radius 3 is 2.12 bits per heavy atom. The SMILES string of the molecule is [O]COC(Cl)(Cl)CCl. The smallest absolute Gasteiger partial charge is 0.233 e. The van der Waals surface area contributed by atoms with Crippen LogP contribution in [0.25, 0.3) is 0 Å². The first-order chi connectivity index (χ1) is 3.62. The van der Waals surface area contributed by atoms with E-state index in [4.69, 9.17) is 34.8 Å². The maximum atomic E-state index is 9.65. The van der Waals surface area contributed by atoms with Gasteiger partial charge in [-0.05, 0) is 0 Å². The average Bonchev–Trinajstić information content (AvgIpc) is 1.67. The standard InChI is InChI=1S/C3H4Cl3O2/c4-1-3(5,6)8-2-7/h1-2H2. The summed E-state index contributed by atoms with van der Waals surface area (Å²) in [4.78, 5) is 0. The second kappa shape index (κ2) is 3.75. The second-order valence-electron chi connectivity index (χ2n) is 1.03. The van der Waals surface area contributed by atoms with Crippen molar-refractivity contribution in [2.45, 2.75) is 4.52 Å². The molecule has 0 atom stereocenters. The Hall–Kier alpha value is 0.790. The number of hydrogen-bond donors (Lipinski definition) is 0. The Kier molecular flexibility index (Phi) is 4.12. The molecule has 0 aromatic heterocycles. The molecule has 0 unspecified atom stereocenters. The highest BCUT2D eigenvalue weighted by Crippen LogP contribution is 2.23. The fourth-order valence-electron chi connectivity index (χ4n) is 0.125. The van der Waals surface area contributed by atoms with Crippen LogP contribution in [0.5, 0.6) is 0 Å². The van der Waals surface area contributed by atoms with E-state index in [1.165, 1.54) is 0 Å². The number of ether oxygens (including phenoxy) is 1. The Bertz CT molecular complexity index is 65.5. The molecule has 8 heavy (non-hydrogen) atoms. The van der Waals surface area contributed by atoms with Crippen LogP contribution in [0.1, 0.15) is 0 Å². The molecular weight excluding hydrogens is 174 g/mol. The van der Waals surface area contributed by atoms with Gasteiger partial charge in [-0.25, -0.2) is 5.11 Å². The van der Waals surface area contributed by atoms with Crippen molar-refractivity contribution in [1.29, 1.82) is 0 Å². The second-order valence-corrected chi connectivity index (χ2v) is 2.71. The van der Waals surface area contributed by atoms with Crippen molar-refractivity contribution < 1.29 is 9.84 Å². The van der Waals surface area contributed by atoms with Crippen LogP contribution in [0.4, 0.5) is 0 Å². The van der Waals surface area contributed by atoms with Gasteiger partial charge in [0.2, 0.25) is 4.52 Å². The van der Waals surface area contributed by atoms with Gasteiger partial charge < -0.3 is 4.74 Å². The van der Waals surface area contributed by atoms with Crippen LogP contribution in [-0.2, 0) is 9.84 Å². The van der Waals surface area contributed by atoms with Crippen molar-refractivity contribution in [1.82, 2.24) is 0 Å². The molecule has 0 aromatic carbocycles. The van der Waals surface area contributed by atoms with E-state index in [1.54, 1.807) is 0 Å². The maximum absolute atomic E-state index is 9.65. The predicted octanol–water partition coefficient (Wildman–Crippen LogP) is 1.76. The molecule has 0 aliphatic rings. The largest absolute Gasteiger partial charge is 0.315 e. The summed E-state index contributed by atoms with van der Waals surface area (Å²) >= 11 is 15.6. The van der Waals surface area contributed by atoms with E-state index in [0.29, 0.717) is 0 Å². The molecule has 0 bridgehead atoms. The van der Waals surface area contributed by atoms with Crippen molar-refractivity contribution in [2.24, 2.45) is 0 Å². The summed E-state index contributed by atoms with van der Waals surface area (Å²) in [5, 5.41) is 9.65. The van der Waals surface area contributed by atoms with Crippen molar-refractivity contribution in [3.05, 3.63) is 0 Å². The molecule has 49 valence electrons. The molecule has 0 heterocycles. The lowest BCUT2D eigenvalue weighted by atomic mass is 10.8. The molecule has 0 amide bonds. The number of halogens is 3. The van der Waals surface area contributed by atoms with Gasteiger partial charge in [0.25, 0.3) is 0 Å². The molecule has 0 spiro atoms. The zero-order valence-corrected chi connectivity index (χ0v) is 6.13. The first kappa shape index (κ1) is 8.79. The normalized spacial score (nSPS) is 12.0. The third-order valence-corrected chi connectivity index (χ3v) is 1.56. The Morgan fingerprint density at radius 1 is 1.50 bits per heavy atom. The molecule has 0 saturated carbocycles. The molecule has 0 aromatic rings. The van der Waals surface area contributed by atoms with Gasteiger partial charge in [-0.3, -0.25) is 0 Å². The Morgan fingerprint density at radius 2 is 2.00 bits per heavy atom. The van der Waals surface area contributed by atoms with Gasteiger partial charge >= 0.3 is 0 Å². The molecule has 0 aliphatic heterocycles. The minimum absolute atomic E-state index is 0.113. The lowest BCUT2D eigenvalue weighted by Gasteiger charge is -2.12. The van der Waals surface area contributed by atoms with Crippen LogP contribution in [0.2, 0.25) is 0 Å². The van der Waals surface area contributed by atoms with Crippen molar-refractivity contribution in [3.63, 3.8) is 0 Å². The van der Waals surface area contributed by atoms with Crippen LogP contribution in [0.3, 0.4) is 0 Å². The molecule has 2 nitrogen and oxygen atoms in total. The molecule has 0 rings (SSSR count). The van der Waals surface area contributed by atoms with Crippen molar-refractivity contribution in [3.8, 4) is 0 Å². The fourth-order valence-corrected chi connectivity index (χ4v) is 0.291. The van der Waals surface area contributed by atoms with Crippen LogP contribution in [0, 0.1) is 0 Å². The van der Waals surface area contributed by atoms with E-state index in [-0.39, 0.29) is 5.88 Å². The molecule has 0 saturated heterocycles. The van der Waals surface area contributed by atoms with Crippen molar-refractivity contribution in [2.75, 3.05) is 12.7 Å². The van der Waals surface area contributed by atoms with Crippen LogP contribution < -0.4 is 0 Å². The minimum Gasteiger partial charge on any atom is -0.315 e. The zero-order valence-electron chi connectivity index (χ0n) is 3.86. The van der Waals surface area contributed by atoms with Gasteiger partial charge in [0.05, 0.1) is 5.88 Å². The van der Waals surface area contributed by atoms with E-state index in [0.717, 1.165) is 0 Å². The number of hydrogen-bond acceptors (Lipinski definition) is 1. The summed E-state index contributed by atoms with van der Waals surface area (Å²) in [6.45, 7) is -0.778. The highest BCUT2D eigenvalue weighted by Gasteiger charge is 2.22.